The second-order valence-corrected chi connectivity index (χ2v) is 3.64. The number of pyridine rings is 1. The van der Waals surface area contributed by atoms with E-state index in [2.05, 4.69) is 17.1 Å². The normalized spacial score (nSPS) is 10.4. The quantitative estimate of drug-likeness (QED) is 0.746. The van der Waals surface area contributed by atoms with Crippen LogP contribution in [-0.4, -0.2) is 4.98 Å². The van der Waals surface area contributed by atoms with E-state index in [0.717, 1.165) is 11.1 Å². The summed E-state index contributed by atoms with van der Waals surface area (Å²) >= 11 is 0. The van der Waals surface area contributed by atoms with Gasteiger partial charge in [0.1, 0.15) is 0 Å². The van der Waals surface area contributed by atoms with E-state index < -0.39 is 0 Å². The minimum absolute atomic E-state index is 0.526. The maximum Gasteiger partial charge on any atom is 0.0998 e. The van der Waals surface area contributed by atoms with Gasteiger partial charge in [-0.2, -0.15) is 10.5 Å². The summed E-state index contributed by atoms with van der Waals surface area (Å²) in [7, 11) is 0. The molecule has 0 saturated carbocycles. The summed E-state index contributed by atoms with van der Waals surface area (Å²) < 4.78 is 0. The van der Waals surface area contributed by atoms with Crippen LogP contribution in [0.25, 0.3) is 11.6 Å². The molecule has 0 radical (unpaired) electrons. The lowest BCUT2D eigenvalue weighted by molar-refractivity contribution is 1.32. The molecule has 2 aromatic rings. The topological polar surface area (TPSA) is 60.5 Å². The van der Waals surface area contributed by atoms with Gasteiger partial charge in [0.15, 0.2) is 0 Å². The van der Waals surface area contributed by atoms with Crippen LogP contribution >= 0.6 is 0 Å². The molecule has 3 nitrogen and oxygen atoms in total. The number of hydrogen-bond donors (Lipinski definition) is 0. The Morgan fingerprint density at radius 1 is 1.11 bits per heavy atom. The van der Waals surface area contributed by atoms with Gasteiger partial charge in [0, 0.05) is 12.4 Å². The van der Waals surface area contributed by atoms with Crippen molar-refractivity contribution in [1.82, 2.24) is 4.98 Å². The van der Waals surface area contributed by atoms with Crippen molar-refractivity contribution in [3.05, 3.63) is 65.5 Å². The van der Waals surface area contributed by atoms with Crippen LogP contribution in [0.2, 0.25) is 0 Å². The van der Waals surface area contributed by atoms with Gasteiger partial charge in [0.25, 0.3) is 0 Å². The maximum absolute atomic E-state index is 9.19. The van der Waals surface area contributed by atoms with Crippen molar-refractivity contribution in [2.75, 3.05) is 0 Å². The fourth-order valence-electron chi connectivity index (χ4n) is 1.56. The third kappa shape index (κ3) is 2.61. The Balaban J connectivity index is 2.44. The molecule has 0 saturated heterocycles. The molecule has 0 aliphatic carbocycles. The lowest BCUT2D eigenvalue weighted by Gasteiger charge is -2.00. The van der Waals surface area contributed by atoms with Crippen molar-refractivity contribution in [3.8, 4) is 12.1 Å². The van der Waals surface area contributed by atoms with Gasteiger partial charge in [-0.1, -0.05) is 12.1 Å². The standard InChI is InChI=1S/C15H9N3/c16-10-13-2-1-3-14(9-13)15(11-17)8-12-4-6-18-7-5-12/h1-9H/b15-8-. The summed E-state index contributed by atoms with van der Waals surface area (Å²) in [5.74, 6) is 0. The number of rotatable bonds is 2. The first-order chi connectivity index (χ1) is 8.83. The first-order valence-corrected chi connectivity index (χ1v) is 5.36. The summed E-state index contributed by atoms with van der Waals surface area (Å²) in [5, 5.41) is 18.0. The van der Waals surface area contributed by atoms with Crippen LogP contribution in [0.5, 0.6) is 0 Å². The minimum atomic E-state index is 0.526. The fourth-order valence-corrected chi connectivity index (χ4v) is 1.56. The summed E-state index contributed by atoms with van der Waals surface area (Å²) in [6.07, 6.45) is 5.12. The van der Waals surface area contributed by atoms with Crippen LogP contribution in [0.1, 0.15) is 16.7 Å². The van der Waals surface area contributed by atoms with E-state index in [-0.39, 0.29) is 0 Å². The Morgan fingerprint density at radius 2 is 1.89 bits per heavy atom. The summed E-state index contributed by atoms with van der Waals surface area (Å²) in [6.45, 7) is 0. The molecule has 1 heterocycles. The van der Waals surface area contributed by atoms with Crippen molar-refractivity contribution in [2.24, 2.45) is 0 Å². The molecule has 84 valence electrons. The third-order valence-corrected chi connectivity index (χ3v) is 2.44. The smallest absolute Gasteiger partial charge is 0.0998 e. The highest BCUT2D eigenvalue weighted by molar-refractivity contribution is 5.89. The van der Waals surface area contributed by atoms with E-state index in [0.29, 0.717) is 11.1 Å². The molecular formula is C15H9N3. The number of benzene rings is 1. The zero-order valence-electron chi connectivity index (χ0n) is 9.54. The van der Waals surface area contributed by atoms with Gasteiger partial charge in [-0.3, -0.25) is 4.98 Å². The van der Waals surface area contributed by atoms with Gasteiger partial charge in [-0.05, 0) is 41.5 Å². The average Bonchev–Trinajstić information content (AvgIpc) is 2.46. The molecule has 1 aromatic heterocycles. The predicted octanol–water partition coefficient (Wildman–Crippen LogP) is 3.02. The van der Waals surface area contributed by atoms with Crippen molar-refractivity contribution < 1.29 is 0 Å². The van der Waals surface area contributed by atoms with E-state index in [9.17, 15) is 5.26 Å². The Bertz CT molecular complexity index is 658. The van der Waals surface area contributed by atoms with E-state index in [1.165, 1.54) is 0 Å². The number of aromatic nitrogens is 1. The molecule has 1 aromatic carbocycles. The van der Waals surface area contributed by atoms with Crippen molar-refractivity contribution in [2.45, 2.75) is 0 Å². The van der Waals surface area contributed by atoms with Crippen molar-refractivity contribution >= 4 is 11.6 Å². The van der Waals surface area contributed by atoms with E-state index in [1.54, 1.807) is 36.7 Å². The SMILES string of the molecule is N#C/C(=C/c1ccncc1)c1cccc(C#N)c1. The van der Waals surface area contributed by atoms with Crippen LogP contribution in [0.3, 0.4) is 0 Å². The Kier molecular flexibility index (Phi) is 3.49. The Labute approximate surface area is 105 Å². The van der Waals surface area contributed by atoms with Gasteiger partial charge in [0.05, 0.1) is 23.3 Å². The Hall–Kier alpha value is -2.91. The van der Waals surface area contributed by atoms with Gasteiger partial charge in [-0.15, -0.1) is 0 Å². The highest BCUT2D eigenvalue weighted by Gasteiger charge is 2.02. The zero-order chi connectivity index (χ0) is 12.8. The van der Waals surface area contributed by atoms with Crippen LogP contribution < -0.4 is 0 Å². The summed E-state index contributed by atoms with van der Waals surface area (Å²) in [5.41, 5.74) is 2.72. The Morgan fingerprint density at radius 3 is 2.56 bits per heavy atom. The second-order valence-electron chi connectivity index (χ2n) is 3.64. The first-order valence-electron chi connectivity index (χ1n) is 5.36. The van der Waals surface area contributed by atoms with Gasteiger partial charge in [0.2, 0.25) is 0 Å². The fraction of sp³-hybridized carbons (Fsp3) is 0. The van der Waals surface area contributed by atoms with Gasteiger partial charge in [-0.25, -0.2) is 0 Å². The molecule has 3 heteroatoms. The average molecular weight is 231 g/mol. The highest BCUT2D eigenvalue weighted by atomic mass is 14.6. The number of hydrogen-bond acceptors (Lipinski definition) is 3. The number of allylic oxidation sites excluding steroid dienone is 1. The maximum atomic E-state index is 9.19. The molecule has 2 rings (SSSR count). The van der Waals surface area contributed by atoms with Crippen molar-refractivity contribution in [1.29, 1.82) is 10.5 Å². The van der Waals surface area contributed by atoms with Crippen LogP contribution in [0.15, 0.2) is 48.8 Å². The molecule has 0 amide bonds. The number of nitriles is 2. The number of nitrogens with zero attached hydrogens (tertiary/aromatic N) is 3. The zero-order valence-corrected chi connectivity index (χ0v) is 9.54. The minimum Gasteiger partial charge on any atom is -0.265 e. The largest absolute Gasteiger partial charge is 0.265 e. The molecule has 0 atom stereocenters. The first kappa shape index (κ1) is 11.6. The van der Waals surface area contributed by atoms with Crippen LogP contribution in [-0.2, 0) is 0 Å². The molecule has 0 aliphatic heterocycles. The van der Waals surface area contributed by atoms with Gasteiger partial charge < -0.3 is 0 Å². The van der Waals surface area contributed by atoms with Crippen LogP contribution in [0.4, 0.5) is 0 Å². The van der Waals surface area contributed by atoms with E-state index in [1.807, 2.05) is 18.2 Å². The molecule has 0 N–H and O–H groups in total. The van der Waals surface area contributed by atoms with Crippen LogP contribution in [0, 0.1) is 22.7 Å². The van der Waals surface area contributed by atoms with E-state index >= 15 is 0 Å². The molecule has 0 fully saturated rings. The molecular weight excluding hydrogens is 222 g/mol. The lowest BCUT2D eigenvalue weighted by Crippen LogP contribution is -1.84. The monoisotopic (exact) mass is 231 g/mol. The van der Waals surface area contributed by atoms with Crippen molar-refractivity contribution in [3.63, 3.8) is 0 Å². The molecule has 0 bridgehead atoms. The lowest BCUT2D eigenvalue weighted by atomic mass is 10.0. The summed E-state index contributed by atoms with van der Waals surface area (Å²) in [4.78, 5) is 3.92. The summed E-state index contributed by atoms with van der Waals surface area (Å²) in [6, 6.07) is 14.9. The molecule has 0 spiro atoms. The predicted molar refractivity (Wildman–Crippen MR) is 68.9 cm³/mol. The van der Waals surface area contributed by atoms with Gasteiger partial charge >= 0.3 is 0 Å². The van der Waals surface area contributed by atoms with E-state index in [4.69, 9.17) is 5.26 Å². The molecule has 18 heavy (non-hydrogen) atoms. The third-order valence-electron chi connectivity index (χ3n) is 2.44. The molecule has 0 unspecified atom stereocenters. The highest BCUT2D eigenvalue weighted by Crippen LogP contribution is 2.18. The second kappa shape index (κ2) is 5.43. The molecule has 0 aliphatic rings.